The highest BCUT2D eigenvalue weighted by Crippen LogP contribution is 2.55. The molecule has 3 aromatic carbocycles. The Morgan fingerprint density at radius 1 is 0.851 bits per heavy atom. The summed E-state index contributed by atoms with van der Waals surface area (Å²) in [7, 11) is 1.58. The van der Waals surface area contributed by atoms with E-state index in [4.69, 9.17) is 9.47 Å². The van der Waals surface area contributed by atoms with Gasteiger partial charge >= 0.3 is 0 Å². The maximum absolute atomic E-state index is 14.5. The van der Waals surface area contributed by atoms with Crippen LogP contribution in [0.25, 0.3) is 0 Å². The third-order valence-corrected chi connectivity index (χ3v) is 9.61. The summed E-state index contributed by atoms with van der Waals surface area (Å²) in [5.41, 5.74) is 6.16. The number of allylic oxidation sites excluding steroid dienone is 5. The van der Waals surface area contributed by atoms with Crippen molar-refractivity contribution in [3.63, 3.8) is 0 Å². The van der Waals surface area contributed by atoms with Crippen LogP contribution in [0.15, 0.2) is 102 Å². The molecule has 3 aromatic rings. The molecule has 0 amide bonds. The summed E-state index contributed by atoms with van der Waals surface area (Å²) in [6, 6.07) is 20.7. The molecule has 6 heteroatoms. The van der Waals surface area contributed by atoms with Crippen molar-refractivity contribution in [1.82, 2.24) is 4.90 Å². The fourth-order valence-corrected chi connectivity index (χ4v) is 7.58. The number of rotatable bonds is 9. The Hall–Kier alpha value is -4.45. The van der Waals surface area contributed by atoms with Crippen LogP contribution in [0.3, 0.4) is 0 Å². The maximum Gasteiger partial charge on any atom is 0.165 e. The summed E-state index contributed by atoms with van der Waals surface area (Å²) in [5, 5.41) is 0. The molecule has 0 bridgehead atoms. The number of Topliss-reactive ketones (excluding diaryl/α,β-unsaturated/α-hetero) is 2. The zero-order valence-electron chi connectivity index (χ0n) is 28.1. The highest BCUT2D eigenvalue weighted by Gasteiger charge is 2.49. The number of ether oxygens (including phenoxy) is 2. The van der Waals surface area contributed by atoms with Crippen LogP contribution in [0.4, 0.5) is 4.39 Å². The number of nitrogens with zero attached hydrogens (tertiary/aromatic N) is 1. The highest BCUT2D eigenvalue weighted by molar-refractivity contribution is 6.06. The first-order valence-electron chi connectivity index (χ1n) is 16.4. The minimum Gasteiger partial charge on any atom is -0.493 e. The standard InChI is InChI=1S/C41H44FNO4/c1-7-13-27-18-29(19-35(46-6)39(27)47-25-28-16-11-12-17-30(28)42)36-37-31(20-40(2,3)22-33(37)44)43(24-26-14-9-8-10-15-26)32-21-41(4,5)23-34(45)38(32)36/h7-12,14-19,36H,1,13,20-25H2,2-6H3. The van der Waals surface area contributed by atoms with Gasteiger partial charge in [0.05, 0.1) is 7.11 Å². The van der Waals surface area contributed by atoms with Crippen molar-refractivity contribution in [2.45, 2.75) is 78.9 Å². The Kier molecular flexibility index (Phi) is 8.73. The van der Waals surface area contributed by atoms with E-state index in [-0.39, 0.29) is 34.8 Å². The molecule has 5 nitrogen and oxygen atoms in total. The molecule has 244 valence electrons. The van der Waals surface area contributed by atoms with Crippen molar-refractivity contribution in [1.29, 1.82) is 0 Å². The quantitative estimate of drug-likeness (QED) is 0.220. The molecule has 0 saturated heterocycles. The first-order chi connectivity index (χ1) is 22.4. The molecule has 1 heterocycles. The molecule has 0 unspecified atom stereocenters. The van der Waals surface area contributed by atoms with Gasteiger partial charge in [0, 0.05) is 59.0 Å². The second-order valence-electron chi connectivity index (χ2n) is 14.7. The predicted octanol–water partition coefficient (Wildman–Crippen LogP) is 9.03. The number of carbonyl (C=O) groups is 2. The first kappa shape index (κ1) is 32.5. The fraction of sp³-hybridized carbons (Fsp3) is 0.366. The van der Waals surface area contributed by atoms with Crippen molar-refractivity contribution in [3.8, 4) is 11.5 Å². The third kappa shape index (κ3) is 6.43. The second-order valence-corrected chi connectivity index (χ2v) is 14.7. The lowest BCUT2D eigenvalue weighted by Gasteiger charge is -2.49. The lowest BCUT2D eigenvalue weighted by molar-refractivity contribution is -0.119. The van der Waals surface area contributed by atoms with Crippen molar-refractivity contribution in [2.75, 3.05) is 7.11 Å². The Morgan fingerprint density at radius 2 is 1.45 bits per heavy atom. The van der Waals surface area contributed by atoms with E-state index in [1.807, 2.05) is 30.3 Å². The van der Waals surface area contributed by atoms with Gasteiger partial charge in [-0.25, -0.2) is 4.39 Å². The van der Waals surface area contributed by atoms with E-state index in [0.717, 1.165) is 40.9 Å². The molecule has 47 heavy (non-hydrogen) atoms. The summed E-state index contributed by atoms with van der Waals surface area (Å²) < 4.78 is 26.6. The van der Waals surface area contributed by atoms with Gasteiger partial charge in [-0.15, -0.1) is 6.58 Å². The van der Waals surface area contributed by atoms with Gasteiger partial charge in [0.1, 0.15) is 12.4 Å². The minimum atomic E-state index is -0.530. The summed E-state index contributed by atoms with van der Waals surface area (Å²) in [5.74, 6) is 0.250. The van der Waals surface area contributed by atoms with Gasteiger partial charge in [-0.1, -0.05) is 88.4 Å². The van der Waals surface area contributed by atoms with Crippen molar-refractivity contribution >= 4 is 11.6 Å². The number of ketones is 2. The summed E-state index contributed by atoms with van der Waals surface area (Å²) in [4.78, 5) is 31.0. The predicted molar refractivity (Wildman–Crippen MR) is 182 cm³/mol. The van der Waals surface area contributed by atoms with Crippen LogP contribution in [0.5, 0.6) is 11.5 Å². The van der Waals surface area contributed by atoms with E-state index in [0.29, 0.717) is 54.0 Å². The molecule has 0 radical (unpaired) electrons. The summed E-state index contributed by atoms with van der Waals surface area (Å²) in [6.07, 6.45) is 4.51. The molecule has 0 spiro atoms. The van der Waals surface area contributed by atoms with Crippen molar-refractivity contribution < 1.29 is 23.5 Å². The van der Waals surface area contributed by atoms with E-state index >= 15 is 0 Å². The summed E-state index contributed by atoms with van der Waals surface area (Å²) in [6.45, 7) is 13.2. The Labute approximate surface area is 277 Å². The number of methoxy groups -OCH3 is 1. The number of hydrogen-bond acceptors (Lipinski definition) is 5. The lowest BCUT2D eigenvalue weighted by Crippen LogP contribution is -2.44. The van der Waals surface area contributed by atoms with E-state index in [1.165, 1.54) is 6.07 Å². The highest BCUT2D eigenvalue weighted by atomic mass is 19.1. The Balaban J connectivity index is 1.54. The molecule has 2 aliphatic carbocycles. The molecule has 0 fully saturated rings. The molecule has 3 aliphatic rings. The van der Waals surface area contributed by atoms with E-state index < -0.39 is 5.92 Å². The van der Waals surface area contributed by atoms with Crippen LogP contribution >= 0.6 is 0 Å². The molecule has 0 N–H and O–H groups in total. The molecule has 0 atom stereocenters. The summed E-state index contributed by atoms with van der Waals surface area (Å²) >= 11 is 0. The van der Waals surface area contributed by atoms with Gasteiger partial charge in [-0.2, -0.15) is 0 Å². The zero-order chi connectivity index (χ0) is 33.5. The molecular weight excluding hydrogens is 589 g/mol. The van der Waals surface area contributed by atoms with Crippen molar-refractivity contribution in [2.24, 2.45) is 10.8 Å². The average molecular weight is 634 g/mol. The van der Waals surface area contributed by atoms with Gasteiger partial charge < -0.3 is 14.4 Å². The van der Waals surface area contributed by atoms with Crippen LogP contribution in [-0.4, -0.2) is 23.6 Å². The van der Waals surface area contributed by atoms with Crippen molar-refractivity contribution in [3.05, 3.63) is 130 Å². The number of benzene rings is 3. The van der Waals surface area contributed by atoms with Crippen LogP contribution in [0, 0.1) is 16.6 Å². The van der Waals surface area contributed by atoms with E-state index in [9.17, 15) is 14.0 Å². The topological polar surface area (TPSA) is 55.8 Å². The van der Waals surface area contributed by atoms with Gasteiger partial charge in [0.25, 0.3) is 0 Å². The zero-order valence-corrected chi connectivity index (χ0v) is 28.1. The largest absolute Gasteiger partial charge is 0.493 e. The SMILES string of the molecule is C=CCc1cc(C2C3=C(CC(C)(C)CC3=O)N(Cc3ccccc3)C3=C2C(=O)CC(C)(C)C3)cc(OC)c1OCc1ccccc1F. The van der Waals surface area contributed by atoms with Crippen LogP contribution < -0.4 is 9.47 Å². The molecule has 6 rings (SSSR count). The van der Waals surface area contributed by atoms with E-state index in [1.54, 1.807) is 31.4 Å². The fourth-order valence-electron chi connectivity index (χ4n) is 7.58. The minimum absolute atomic E-state index is 0.0239. The van der Waals surface area contributed by atoms with Crippen LogP contribution in [0.2, 0.25) is 0 Å². The number of carbonyl (C=O) groups excluding carboxylic acids is 2. The number of hydrogen-bond donors (Lipinski definition) is 0. The van der Waals surface area contributed by atoms with Gasteiger partial charge in [0.15, 0.2) is 23.1 Å². The molecule has 0 saturated carbocycles. The van der Waals surface area contributed by atoms with Crippen LogP contribution in [-0.2, 0) is 29.2 Å². The van der Waals surface area contributed by atoms with Gasteiger partial charge in [0.2, 0.25) is 0 Å². The smallest absolute Gasteiger partial charge is 0.165 e. The second kappa shape index (κ2) is 12.6. The van der Waals surface area contributed by atoms with E-state index in [2.05, 4.69) is 51.3 Å². The van der Waals surface area contributed by atoms with Crippen LogP contribution in [0.1, 0.15) is 81.5 Å². The third-order valence-electron chi connectivity index (χ3n) is 9.61. The average Bonchev–Trinajstić information content (AvgIpc) is 3.01. The number of halogens is 1. The Morgan fingerprint density at radius 3 is 2.02 bits per heavy atom. The first-order valence-corrected chi connectivity index (χ1v) is 16.4. The Bertz CT molecular complexity index is 1750. The normalized spacial score (nSPS) is 19.0. The van der Waals surface area contributed by atoms with Gasteiger partial charge in [-0.05, 0) is 53.4 Å². The van der Waals surface area contributed by atoms with Gasteiger partial charge in [-0.3, -0.25) is 9.59 Å². The monoisotopic (exact) mass is 633 g/mol. The molecule has 0 aromatic heterocycles. The molecular formula is C41H44FNO4. The maximum atomic E-state index is 14.5. The lowest BCUT2D eigenvalue weighted by atomic mass is 9.63. The molecule has 1 aliphatic heterocycles.